The van der Waals surface area contributed by atoms with Crippen LogP contribution in [0.4, 0.5) is 0 Å². The van der Waals surface area contributed by atoms with Crippen LogP contribution in [-0.2, 0) is 14.9 Å². The monoisotopic (exact) mass is 424 g/mol. The van der Waals surface area contributed by atoms with Crippen LogP contribution in [0.15, 0.2) is 24.3 Å². The first-order chi connectivity index (χ1) is 14.6. The SMILES string of the molecule is Cc1cc(C(C)(C)c2cc(C)c(OC(C)C3CO3)c(C)c2)cc(C)c1OC(C)C1CO1. The maximum atomic E-state index is 6.24. The Bertz CT molecular complexity index is 846. The van der Waals surface area contributed by atoms with Gasteiger partial charge in [-0.3, -0.25) is 0 Å². The van der Waals surface area contributed by atoms with Crippen molar-refractivity contribution in [1.29, 1.82) is 0 Å². The number of rotatable bonds is 8. The van der Waals surface area contributed by atoms with Crippen molar-refractivity contribution in [1.82, 2.24) is 0 Å². The van der Waals surface area contributed by atoms with E-state index < -0.39 is 0 Å². The van der Waals surface area contributed by atoms with Crippen LogP contribution in [0.1, 0.15) is 61.1 Å². The number of hydrogen-bond donors (Lipinski definition) is 0. The van der Waals surface area contributed by atoms with E-state index in [0.29, 0.717) is 0 Å². The third-order valence-corrected chi connectivity index (χ3v) is 6.74. The van der Waals surface area contributed by atoms with E-state index >= 15 is 0 Å². The van der Waals surface area contributed by atoms with E-state index in [-0.39, 0.29) is 29.8 Å². The summed E-state index contributed by atoms with van der Waals surface area (Å²) in [5.74, 6) is 1.96. The fourth-order valence-electron chi connectivity index (χ4n) is 4.34. The van der Waals surface area contributed by atoms with Crippen molar-refractivity contribution in [2.45, 2.75) is 85.2 Å². The molecule has 4 nitrogen and oxygen atoms in total. The predicted octanol–water partition coefficient (Wildman–Crippen LogP) is 5.58. The summed E-state index contributed by atoms with van der Waals surface area (Å²) in [6, 6.07) is 9.07. The van der Waals surface area contributed by atoms with Crippen molar-refractivity contribution in [2.24, 2.45) is 0 Å². The first kappa shape index (κ1) is 22.2. The van der Waals surface area contributed by atoms with Gasteiger partial charge in [0.05, 0.1) is 13.2 Å². The number of hydrogen-bond acceptors (Lipinski definition) is 4. The van der Waals surface area contributed by atoms with Crippen LogP contribution in [-0.4, -0.2) is 37.6 Å². The molecule has 4 heteroatoms. The number of benzene rings is 2. The average molecular weight is 425 g/mol. The Morgan fingerprint density at radius 2 is 1.00 bits per heavy atom. The molecule has 2 fully saturated rings. The Labute approximate surface area is 186 Å². The average Bonchev–Trinajstić information content (AvgIpc) is 3.58. The molecule has 0 saturated carbocycles. The number of epoxide rings is 2. The van der Waals surface area contributed by atoms with Crippen LogP contribution in [0.2, 0.25) is 0 Å². The zero-order valence-corrected chi connectivity index (χ0v) is 20.2. The molecule has 2 aliphatic rings. The second-order valence-corrected chi connectivity index (χ2v) is 9.89. The van der Waals surface area contributed by atoms with E-state index in [2.05, 4.69) is 79.7 Å². The smallest absolute Gasteiger partial charge is 0.125 e. The van der Waals surface area contributed by atoms with Crippen molar-refractivity contribution in [3.8, 4) is 11.5 Å². The molecular formula is C27H36O4. The third-order valence-electron chi connectivity index (χ3n) is 6.74. The van der Waals surface area contributed by atoms with Gasteiger partial charge < -0.3 is 18.9 Å². The van der Waals surface area contributed by atoms with Crippen LogP contribution in [0, 0.1) is 27.7 Å². The van der Waals surface area contributed by atoms with Crippen molar-refractivity contribution < 1.29 is 18.9 Å². The van der Waals surface area contributed by atoms with E-state index in [1.165, 1.54) is 33.4 Å². The fraction of sp³-hybridized carbons (Fsp3) is 0.556. The van der Waals surface area contributed by atoms with Crippen molar-refractivity contribution in [2.75, 3.05) is 13.2 Å². The van der Waals surface area contributed by atoms with Crippen LogP contribution in [0.3, 0.4) is 0 Å². The molecule has 31 heavy (non-hydrogen) atoms. The minimum absolute atomic E-state index is 0.0811. The molecule has 2 aromatic carbocycles. The van der Waals surface area contributed by atoms with Gasteiger partial charge >= 0.3 is 0 Å². The van der Waals surface area contributed by atoms with Gasteiger partial charge in [0.1, 0.15) is 35.9 Å². The minimum atomic E-state index is -0.140. The van der Waals surface area contributed by atoms with E-state index in [1.807, 2.05) is 0 Å². The molecule has 4 unspecified atom stereocenters. The summed E-state index contributed by atoms with van der Waals surface area (Å²) in [5.41, 5.74) is 7.11. The molecule has 0 N–H and O–H groups in total. The summed E-state index contributed by atoms with van der Waals surface area (Å²) in [6.45, 7) is 18.9. The molecule has 0 bridgehead atoms. The van der Waals surface area contributed by atoms with E-state index in [4.69, 9.17) is 18.9 Å². The standard InChI is InChI=1S/C27H36O4/c1-15-9-21(10-16(2)25(15)30-19(5)23-13-28-23)27(7,8)22-11-17(3)26(18(4)12-22)31-20(6)24-14-29-24/h9-12,19-20,23-24H,13-14H2,1-8H3. The minimum Gasteiger partial charge on any atom is -0.487 e. The highest BCUT2D eigenvalue weighted by Crippen LogP contribution is 2.39. The first-order valence-electron chi connectivity index (χ1n) is 11.4. The zero-order valence-electron chi connectivity index (χ0n) is 20.2. The fourth-order valence-corrected chi connectivity index (χ4v) is 4.34. The molecule has 0 aliphatic carbocycles. The van der Waals surface area contributed by atoms with Gasteiger partial charge in [-0.05, 0) is 74.9 Å². The molecule has 4 rings (SSSR count). The lowest BCUT2D eigenvalue weighted by molar-refractivity contribution is 0.174. The Balaban J connectivity index is 1.61. The highest BCUT2D eigenvalue weighted by Gasteiger charge is 2.33. The van der Waals surface area contributed by atoms with Crippen LogP contribution in [0.5, 0.6) is 11.5 Å². The molecule has 2 aliphatic heterocycles. The summed E-state index contributed by atoms with van der Waals surface area (Å²) in [5, 5.41) is 0. The maximum Gasteiger partial charge on any atom is 0.125 e. The maximum absolute atomic E-state index is 6.24. The third kappa shape index (κ3) is 4.61. The largest absolute Gasteiger partial charge is 0.487 e. The summed E-state index contributed by atoms with van der Waals surface area (Å²) >= 11 is 0. The number of aryl methyl sites for hydroxylation is 4. The lowest BCUT2D eigenvalue weighted by atomic mass is 9.76. The van der Waals surface area contributed by atoms with Crippen LogP contribution >= 0.6 is 0 Å². The van der Waals surface area contributed by atoms with Gasteiger partial charge in [0, 0.05) is 5.41 Å². The summed E-state index contributed by atoms with van der Waals surface area (Å²) < 4.78 is 23.2. The quantitative estimate of drug-likeness (QED) is 0.519. The van der Waals surface area contributed by atoms with Crippen LogP contribution < -0.4 is 9.47 Å². The van der Waals surface area contributed by atoms with Gasteiger partial charge in [-0.25, -0.2) is 0 Å². The highest BCUT2D eigenvalue weighted by atomic mass is 16.6. The van der Waals surface area contributed by atoms with Gasteiger partial charge in [-0.2, -0.15) is 0 Å². The Hall–Kier alpha value is -2.04. The van der Waals surface area contributed by atoms with E-state index in [9.17, 15) is 0 Å². The van der Waals surface area contributed by atoms with Gasteiger partial charge in [-0.15, -0.1) is 0 Å². The summed E-state index contributed by atoms with van der Waals surface area (Å²) in [4.78, 5) is 0. The van der Waals surface area contributed by atoms with Crippen molar-refractivity contribution >= 4 is 0 Å². The molecular weight excluding hydrogens is 388 g/mol. The zero-order chi connectivity index (χ0) is 22.5. The van der Waals surface area contributed by atoms with Gasteiger partial charge in [0.2, 0.25) is 0 Å². The van der Waals surface area contributed by atoms with E-state index in [0.717, 1.165) is 24.7 Å². The molecule has 2 saturated heterocycles. The Morgan fingerprint density at radius 1 is 0.710 bits per heavy atom. The Morgan fingerprint density at radius 3 is 1.26 bits per heavy atom. The Kier molecular flexibility index (Phi) is 5.82. The lowest BCUT2D eigenvalue weighted by Gasteiger charge is -2.30. The van der Waals surface area contributed by atoms with E-state index in [1.54, 1.807) is 0 Å². The molecule has 0 radical (unpaired) electrons. The normalized spacial score (nSPS) is 22.1. The van der Waals surface area contributed by atoms with Gasteiger partial charge in [0.15, 0.2) is 0 Å². The van der Waals surface area contributed by atoms with Gasteiger partial charge in [0.25, 0.3) is 0 Å². The summed E-state index contributed by atoms with van der Waals surface area (Å²) in [6.07, 6.45) is 0.627. The molecule has 4 atom stereocenters. The second kappa shape index (κ2) is 8.14. The predicted molar refractivity (Wildman–Crippen MR) is 124 cm³/mol. The number of ether oxygens (including phenoxy) is 4. The topological polar surface area (TPSA) is 43.5 Å². The van der Waals surface area contributed by atoms with Gasteiger partial charge in [-0.1, -0.05) is 38.1 Å². The molecule has 0 spiro atoms. The van der Waals surface area contributed by atoms with Crippen molar-refractivity contribution in [3.63, 3.8) is 0 Å². The molecule has 0 amide bonds. The second-order valence-electron chi connectivity index (χ2n) is 9.89. The molecule has 2 heterocycles. The molecule has 2 aromatic rings. The molecule has 0 aromatic heterocycles. The lowest BCUT2D eigenvalue weighted by Crippen LogP contribution is -2.23. The highest BCUT2D eigenvalue weighted by molar-refractivity contribution is 5.52. The molecule has 168 valence electrons. The first-order valence-corrected chi connectivity index (χ1v) is 11.4. The van der Waals surface area contributed by atoms with Crippen molar-refractivity contribution in [3.05, 3.63) is 57.6 Å². The summed E-state index contributed by atoms with van der Waals surface area (Å²) in [7, 11) is 0. The van der Waals surface area contributed by atoms with Crippen LogP contribution in [0.25, 0.3) is 0 Å².